The number of fused-ring (bicyclic) bond motifs is 1. The van der Waals surface area contributed by atoms with Gasteiger partial charge in [0.25, 0.3) is 0 Å². The summed E-state index contributed by atoms with van der Waals surface area (Å²) in [5.41, 5.74) is 1.92. The van der Waals surface area contributed by atoms with E-state index < -0.39 is 0 Å². The molecule has 0 bridgehead atoms. The van der Waals surface area contributed by atoms with Crippen LogP contribution in [0.3, 0.4) is 0 Å². The highest BCUT2D eigenvalue weighted by Crippen LogP contribution is 2.07. The first-order valence-corrected chi connectivity index (χ1v) is 6.37. The molecule has 18 heavy (non-hydrogen) atoms. The number of imidazole rings is 1. The van der Waals surface area contributed by atoms with Crippen LogP contribution < -0.4 is 5.32 Å². The molecule has 2 aromatic heterocycles. The molecule has 5 nitrogen and oxygen atoms in total. The summed E-state index contributed by atoms with van der Waals surface area (Å²) in [6.07, 6.45) is 7.90. The molecule has 2 N–H and O–H groups in total. The van der Waals surface area contributed by atoms with Gasteiger partial charge < -0.3 is 10.4 Å². The number of aliphatic hydroxyl groups excluding tert-OH is 1. The van der Waals surface area contributed by atoms with E-state index in [9.17, 15) is 5.11 Å². The predicted molar refractivity (Wildman–Crippen MR) is 70.2 cm³/mol. The third-order valence-electron chi connectivity index (χ3n) is 3.35. The lowest BCUT2D eigenvalue weighted by Crippen LogP contribution is -2.31. The van der Waals surface area contributed by atoms with Crippen molar-refractivity contribution in [3.05, 3.63) is 30.5 Å². The molecular formula is C13H20N4O. The summed E-state index contributed by atoms with van der Waals surface area (Å²) in [4.78, 5) is 8.29. The van der Waals surface area contributed by atoms with E-state index in [-0.39, 0.29) is 6.10 Å². The van der Waals surface area contributed by atoms with Gasteiger partial charge in [0.15, 0.2) is 5.65 Å². The lowest BCUT2D eigenvalue weighted by atomic mass is 10.0. The second-order valence-corrected chi connectivity index (χ2v) is 4.64. The highest BCUT2D eigenvalue weighted by Gasteiger charge is 2.11. The highest BCUT2D eigenvalue weighted by atomic mass is 16.3. The summed E-state index contributed by atoms with van der Waals surface area (Å²) in [6, 6.07) is 0. The van der Waals surface area contributed by atoms with Crippen molar-refractivity contribution in [2.45, 2.75) is 32.9 Å². The molecule has 5 heteroatoms. The molecule has 0 saturated carbocycles. The van der Waals surface area contributed by atoms with E-state index >= 15 is 0 Å². The SMILES string of the molecule is CCC(C)C(O)CNCc1cnc2cnccn12. The number of rotatable bonds is 6. The summed E-state index contributed by atoms with van der Waals surface area (Å²) in [5, 5.41) is 13.1. The van der Waals surface area contributed by atoms with Crippen molar-refractivity contribution >= 4 is 5.65 Å². The van der Waals surface area contributed by atoms with Crippen LogP contribution in [-0.4, -0.2) is 32.1 Å². The predicted octanol–water partition coefficient (Wildman–Crippen LogP) is 1.23. The van der Waals surface area contributed by atoms with E-state index in [1.807, 2.05) is 16.8 Å². The Kier molecular flexibility index (Phi) is 4.28. The van der Waals surface area contributed by atoms with Crippen LogP contribution in [0.15, 0.2) is 24.8 Å². The molecule has 98 valence electrons. The molecule has 0 aliphatic heterocycles. The Bertz CT molecular complexity index is 496. The summed E-state index contributed by atoms with van der Waals surface area (Å²) in [5.74, 6) is 0.323. The summed E-state index contributed by atoms with van der Waals surface area (Å²) < 4.78 is 2.00. The average Bonchev–Trinajstić information content (AvgIpc) is 2.81. The molecule has 0 aromatic carbocycles. The van der Waals surface area contributed by atoms with Gasteiger partial charge in [0.05, 0.1) is 24.2 Å². The molecule has 0 spiro atoms. The number of aromatic nitrogens is 3. The lowest BCUT2D eigenvalue weighted by molar-refractivity contribution is 0.112. The average molecular weight is 248 g/mol. The molecule has 2 heterocycles. The van der Waals surface area contributed by atoms with Crippen molar-refractivity contribution in [3.63, 3.8) is 0 Å². The highest BCUT2D eigenvalue weighted by molar-refractivity contribution is 5.36. The van der Waals surface area contributed by atoms with E-state index in [1.165, 1.54) is 0 Å². The van der Waals surface area contributed by atoms with Gasteiger partial charge in [0, 0.05) is 25.5 Å². The van der Waals surface area contributed by atoms with Crippen molar-refractivity contribution in [1.29, 1.82) is 0 Å². The first-order valence-electron chi connectivity index (χ1n) is 6.37. The zero-order valence-electron chi connectivity index (χ0n) is 10.9. The number of nitrogens with one attached hydrogen (secondary N) is 1. The molecule has 2 atom stereocenters. The Labute approximate surface area is 107 Å². The fraction of sp³-hybridized carbons (Fsp3) is 0.538. The quantitative estimate of drug-likeness (QED) is 0.807. The summed E-state index contributed by atoms with van der Waals surface area (Å²) in [7, 11) is 0. The van der Waals surface area contributed by atoms with E-state index in [0.29, 0.717) is 19.0 Å². The molecule has 2 unspecified atom stereocenters. The molecule has 0 fully saturated rings. The second kappa shape index (κ2) is 5.93. The minimum absolute atomic E-state index is 0.296. The maximum atomic E-state index is 9.86. The number of hydrogen-bond donors (Lipinski definition) is 2. The molecule has 0 radical (unpaired) electrons. The lowest BCUT2D eigenvalue weighted by Gasteiger charge is -2.17. The van der Waals surface area contributed by atoms with Gasteiger partial charge in [-0.05, 0) is 5.92 Å². The maximum Gasteiger partial charge on any atom is 0.155 e. The van der Waals surface area contributed by atoms with Crippen LogP contribution in [0.4, 0.5) is 0 Å². The van der Waals surface area contributed by atoms with Gasteiger partial charge in [-0.1, -0.05) is 20.3 Å². The Morgan fingerprint density at radius 1 is 1.44 bits per heavy atom. The van der Waals surface area contributed by atoms with Crippen molar-refractivity contribution in [2.75, 3.05) is 6.54 Å². The smallest absolute Gasteiger partial charge is 0.155 e. The van der Waals surface area contributed by atoms with E-state index in [1.54, 1.807) is 12.4 Å². The fourth-order valence-corrected chi connectivity index (χ4v) is 1.85. The maximum absolute atomic E-state index is 9.86. The van der Waals surface area contributed by atoms with Gasteiger partial charge in [0.2, 0.25) is 0 Å². The van der Waals surface area contributed by atoms with Crippen molar-refractivity contribution < 1.29 is 5.11 Å². The van der Waals surface area contributed by atoms with Crippen LogP contribution in [0.1, 0.15) is 26.0 Å². The molecular weight excluding hydrogens is 228 g/mol. The van der Waals surface area contributed by atoms with Crippen molar-refractivity contribution in [1.82, 2.24) is 19.7 Å². The van der Waals surface area contributed by atoms with Crippen LogP contribution in [-0.2, 0) is 6.54 Å². The van der Waals surface area contributed by atoms with Crippen LogP contribution in [0.25, 0.3) is 5.65 Å². The zero-order valence-corrected chi connectivity index (χ0v) is 10.9. The summed E-state index contributed by atoms with van der Waals surface area (Å²) >= 11 is 0. The Balaban J connectivity index is 1.91. The monoisotopic (exact) mass is 248 g/mol. The van der Waals surface area contributed by atoms with Gasteiger partial charge in [-0.25, -0.2) is 4.98 Å². The molecule has 0 aliphatic rings. The Morgan fingerprint density at radius 2 is 2.28 bits per heavy atom. The summed E-state index contributed by atoms with van der Waals surface area (Å²) in [6.45, 7) is 5.45. The fourth-order valence-electron chi connectivity index (χ4n) is 1.85. The van der Waals surface area contributed by atoms with E-state index in [2.05, 4.69) is 29.1 Å². The number of aliphatic hydroxyl groups is 1. The first-order chi connectivity index (χ1) is 8.72. The largest absolute Gasteiger partial charge is 0.392 e. The van der Waals surface area contributed by atoms with E-state index in [0.717, 1.165) is 17.8 Å². The minimum Gasteiger partial charge on any atom is -0.392 e. The topological polar surface area (TPSA) is 62.5 Å². The third kappa shape index (κ3) is 2.86. The van der Waals surface area contributed by atoms with Crippen LogP contribution in [0.5, 0.6) is 0 Å². The van der Waals surface area contributed by atoms with Crippen molar-refractivity contribution in [2.24, 2.45) is 5.92 Å². The molecule has 2 aromatic rings. The molecule has 0 aliphatic carbocycles. The van der Waals surface area contributed by atoms with Crippen molar-refractivity contribution in [3.8, 4) is 0 Å². The third-order valence-corrected chi connectivity index (χ3v) is 3.35. The van der Waals surface area contributed by atoms with Crippen LogP contribution in [0.2, 0.25) is 0 Å². The normalized spacial score (nSPS) is 14.8. The Morgan fingerprint density at radius 3 is 3.06 bits per heavy atom. The minimum atomic E-state index is -0.296. The van der Waals surface area contributed by atoms with Gasteiger partial charge in [0.1, 0.15) is 0 Å². The van der Waals surface area contributed by atoms with E-state index in [4.69, 9.17) is 0 Å². The molecule has 2 rings (SSSR count). The zero-order chi connectivity index (χ0) is 13.0. The van der Waals surface area contributed by atoms with Gasteiger partial charge >= 0.3 is 0 Å². The van der Waals surface area contributed by atoms with Gasteiger partial charge in [-0.15, -0.1) is 0 Å². The van der Waals surface area contributed by atoms with Gasteiger partial charge in [-0.2, -0.15) is 0 Å². The van der Waals surface area contributed by atoms with Crippen LogP contribution in [0, 0.1) is 5.92 Å². The standard InChI is InChI=1S/C13H20N4O/c1-3-10(2)12(18)8-15-6-11-7-16-13-9-14-4-5-17(11)13/h4-5,7,9-10,12,15,18H,3,6,8H2,1-2H3. The number of nitrogens with zero attached hydrogens (tertiary/aromatic N) is 3. The Hall–Kier alpha value is -1.46. The van der Waals surface area contributed by atoms with Gasteiger partial charge in [-0.3, -0.25) is 9.38 Å². The molecule has 0 saturated heterocycles. The molecule has 0 amide bonds. The first kappa shape index (κ1) is 13.0. The van der Waals surface area contributed by atoms with Crippen LogP contribution >= 0.6 is 0 Å². The second-order valence-electron chi connectivity index (χ2n) is 4.64. The number of hydrogen-bond acceptors (Lipinski definition) is 4.